The highest BCUT2D eigenvalue weighted by Crippen LogP contribution is 2.40. The van der Waals surface area contributed by atoms with Gasteiger partial charge < -0.3 is 10.2 Å². The molecule has 2 heterocycles. The molecule has 1 unspecified atom stereocenters. The number of amides is 1. The van der Waals surface area contributed by atoms with E-state index in [4.69, 9.17) is 0 Å². The number of hydrogen-bond acceptors (Lipinski definition) is 3. The van der Waals surface area contributed by atoms with Crippen molar-refractivity contribution < 1.29 is 4.79 Å². The van der Waals surface area contributed by atoms with E-state index in [2.05, 4.69) is 35.3 Å². The van der Waals surface area contributed by atoms with E-state index < -0.39 is 0 Å². The minimum absolute atomic E-state index is 0.0801. The molecule has 0 aromatic heterocycles. The maximum absolute atomic E-state index is 12.8. The Bertz CT molecular complexity index is 497. The SMILES string of the molecule is CCNCC1CCN(C(=O)C2CSc3ccccc32)CC1. The molecule has 1 saturated heterocycles. The van der Waals surface area contributed by atoms with Gasteiger partial charge in [-0.15, -0.1) is 11.8 Å². The van der Waals surface area contributed by atoms with Gasteiger partial charge in [-0.3, -0.25) is 4.79 Å². The van der Waals surface area contributed by atoms with Crippen LogP contribution in [-0.2, 0) is 4.79 Å². The number of piperidine rings is 1. The van der Waals surface area contributed by atoms with Crippen LogP contribution in [0, 0.1) is 5.92 Å². The van der Waals surface area contributed by atoms with Gasteiger partial charge in [-0.1, -0.05) is 25.1 Å². The molecule has 1 fully saturated rings. The number of carbonyl (C=O) groups is 1. The lowest BCUT2D eigenvalue weighted by Crippen LogP contribution is -2.43. The van der Waals surface area contributed by atoms with Gasteiger partial charge in [-0.05, 0) is 43.5 Å². The molecule has 21 heavy (non-hydrogen) atoms. The molecule has 1 aromatic carbocycles. The van der Waals surface area contributed by atoms with Crippen LogP contribution in [0.4, 0.5) is 0 Å². The van der Waals surface area contributed by atoms with Crippen molar-refractivity contribution in [3.8, 4) is 0 Å². The molecule has 3 rings (SSSR count). The van der Waals surface area contributed by atoms with Crippen molar-refractivity contribution >= 4 is 17.7 Å². The monoisotopic (exact) mass is 304 g/mol. The number of rotatable bonds is 4. The summed E-state index contributed by atoms with van der Waals surface area (Å²) >= 11 is 1.82. The minimum Gasteiger partial charge on any atom is -0.342 e. The zero-order chi connectivity index (χ0) is 14.7. The molecule has 114 valence electrons. The maximum atomic E-state index is 12.8. The zero-order valence-electron chi connectivity index (χ0n) is 12.7. The first-order chi connectivity index (χ1) is 10.3. The molecule has 3 nitrogen and oxygen atoms in total. The molecule has 0 saturated carbocycles. The van der Waals surface area contributed by atoms with Crippen molar-refractivity contribution in [3.05, 3.63) is 29.8 Å². The molecule has 1 N–H and O–H groups in total. The third-order valence-electron chi connectivity index (χ3n) is 4.61. The summed E-state index contributed by atoms with van der Waals surface area (Å²) in [6, 6.07) is 8.37. The molecule has 4 heteroatoms. The van der Waals surface area contributed by atoms with Gasteiger partial charge >= 0.3 is 0 Å². The van der Waals surface area contributed by atoms with Crippen LogP contribution in [0.15, 0.2) is 29.2 Å². The van der Waals surface area contributed by atoms with E-state index in [0.29, 0.717) is 5.91 Å². The quantitative estimate of drug-likeness (QED) is 0.928. The van der Waals surface area contributed by atoms with E-state index in [1.54, 1.807) is 0 Å². The van der Waals surface area contributed by atoms with Gasteiger partial charge in [-0.25, -0.2) is 0 Å². The summed E-state index contributed by atoms with van der Waals surface area (Å²) < 4.78 is 0. The molecule has 0 radical (unpaired) electrons. The number of fused-ring (bicyclic) bond motifs is 1. The number of nitrogens with zero attached hydrogens (tertiary/aromatic N) is 1. The molecule has 1 amide bonds. The Labute approximate surface area is 131 Å². The van der Waals surface area contributed by atoms with Crippen LogP contribution >= 0.6 is 11.8 Å². The zero-order valence-corrected chi connectivity index (χ0v) is 13.5. The van der Waals surface area contributed by atoms with Gasteiger partial charge in [0.2, 0.25) is 5.91 Å². The van der Waals surface area contributed by atoms with Gasteiger partial charge in [0.05, 0.1) is 5.92 Å². The highest BCUT2D eigenvalue weighted by Gasteiger charge is 2.33. The van der Waals surface area contributed by atoms with Crippen LogP contribution in [-0.4, -0.2) is 42.7 Å². The van der Waals surface area contributed by atoms with Crippen molar-refractivity contribution in [1.29, 1.82) is 0 Å². The molecule has 1 aromatic rings. The largest absolute Gasteiger partial charge is 0.342 e. The normalized spacial score (nSPS) is 22.3. The fourth-order valence-electron chi connectivity index (χ4n) is 3.29. The molecule has 1 atom stereocenters. The molecule has 2 aliphatic rings. The van der Waals surface area contributed by atoms with E-state index in [0.717, 1.165) is 50.7 Å². The predicted octanol–water partition coefficient (Wildman–Crippen LogP) is 2.72. The van der Waals surface area contributed by atoms with E-state index in [1.807, 2.05) is 17.8 Å². The number of thioether (sulfide) groups is 1. The average molecular weight is 304 g/mol. The molecule has 0 bridgehead atoms. The number of hydrogen-bond donors (Lipinski definition) is 1. The summed E-state index contributed by atoms with van der Waals surface area (Å²) in [4.78, 5) is 16.2. The summed E-state index contributed by atoms with van der Waals surface area (Å²) in [7, 11) is 0. The Morgan fingerprint density at radius 3 is 2.86 bits per heavy atom. The Hall–Kier alpha value is -1.00. The highest BCUT2D eigenvalue weighted by atomic mass is 32.2. The second kappa shape index (κ2) is 6.84. The lowest BCUT2D eigenvalue weighted by molar-refractivity contribution is -0.133. The number of carbonyl (C=O) groups excluding carboxylic acids is 1. The van der Waals surface area contributed by atoms with Crippen LogP contribution < -0.4 is 5.32 Å². The molecule has 0 spiro atoms. The predicted molar refractivity (Wildman–Crippen MR) is 87.8 cm³/mol. The van der Waals surface area contributed by atoms with Gasteiger partial charge in [0.1, 0.15) is 0 Å². The Morgan fingerprint density at radius 1 is 1.33 bits per heavy atom. The Kier molecular flexibility index (Phi) is 4.86. The summed E-state index contributed by atoms with van der Waals surface area (Å²) in [5.41, 5.74) is 1.24. The van der Waals surface area contributed by atoms with Crippen LogP contribution in [0.3, 0.4) is 0 Å². The average Bonchev–Trinajstić information content (AvgIpc) is 2.97. The van der Waals surface area contributed by atoms with E-state index in [1.165, 1.54) is 10.5 Å². The highest BCUT2D eigenvalue weighted by molar-refractivity contribution is 7.99. The number of likely N-dealkylation sites (tertiary alicyclic amines) is 1. The van der Waals surface area contributed by atoms with E-state index >= 15 is 0 Å². The first-order valence-electron chi connectivity index (χ1n) is 8.00. The first-order valence-corrected chi connectivity index (χ1v) is 8.99. The van der Waals surface area contributed by atoms with Gasteiger partial charge in [-0.2, -0.15) is 0 Å². The summed E-state index contributed by atoms with van der Waals surface area (Å²) in [5.74, 6) is 2.07. The lowest BCUT2D eigenvalue weighted by atomic mass is 9.94. The van der Waals surface area contributed by atoms with E-state index in [9.17, 15) is 4.79 Å². The minimum atomic E-state index is 0.0801. The fraction of sp³-hybridized carbons (Fsp3) is 0.588. The second-order valence-electron chi connectivity index (χ2n) is 5.98. The van der Waals surface area contributed by atoms with E-state index in [-0.39, 0.29) is 5.92 Å². The van der Waals surface area contributed by atoms with Crippen LogP contribution in [0.25, 0.3) is 0 Å². The van der Waals surface area contributed by atoms with Gasteiger partial charge in [0.15, 0.2) is 0 Å². The molecular formula is C17H24N2OS. The van der Waals surface area contributed by atoms with Gasteiger partial charge in [0, 0.05) is 23.7 Å². The van der Waals surface area contributed by atoms with Crippen LogP contribution in [0.2, 0.25) is 0 Å². The van der Waals surface area contributed by atoms with Crippen molar-refractivity contribution in [3.63, 3.8) is 0 Å². The lowest BCUT2D eigenvalue weighted by Gasteiger charge is -2.33. The summed E-state index contributed by atoms with van der Waals surface area (Å²) in [6.45, 7) is 6.14. The van der Waals surface area contributed by atoms with Crippen molar-refractivity contribution in [2.24, 2.45) is 5.92 Å². The topological polar surface area (TPSA) is 32.3 Å². The molecule has 0 aliphatic carbocycles. The standard InChI is InChI=1S/C17H24N2OS/c1-2-18-11-13-7-9-19(10-8-13)17(20)15-12-21-16-6-4-3-5-14(15)16/h3-6,13,15,18H,2,7-12H2,1H3. The van der Waals surface area contributed by atoms with Crippen molar-refractivity contribution in [2.75, 3.05) is 31.9 Å². The molecular weight excluding hydrogens is 280 g/mol. The Morgan fingerprint density at radius 2 is 2.10 bits per heavy atom. The Balaban J connectivity index is 1.58. The first kappa shape index (κ1) is 14.9. The van der Waals surface area contributed by atoms with Crippen LogP contribution in [0.1, 0.15) is 31.2 Å². The summed E-state index contributed by atoms with van der Waals surface area (Å²) in [5, 5.41) is 3.42. The van der Waals surface area contributed by atoms with Gasteiger partial charge in [0.25, 0.3) is 0 Å². The third kappa shape index (κ3) is 3.27. The second-order valence-corrected chi connectivity index (χ2v) is 7.04. The molecule has 2 aliphatic heterocycles. The van der Waals surface area contributed by atoms with Crippen molar-refractivity contribution in [1.82, 2.24) is 10.2 Å². The number of nitrogens with one attached hydrogen (secondary N) is 1. The van der Waals surface area contributed by atoms with Crippen molar-refractivity contribution in [2.45, 2.75) is 30.6 Å². The fourth-order valence-corrected chi connectivity index (χ4v) is 4.51. The smallest absolute Gasteiger partial charge is 0.231 e. The maximum Gasteiger partial charge on any atom is 0.231 e. The third-order valence-corrected chi connectivity index (χ3v) is 5.79. The summed E-state index contributed by atoms with van der Waals surface area (Å²) in [6.07, 6.45) is 2.28. The number of benzene rings is 1. The van der Waals surface area contributed by atoms with Crippen LogP contribution in [0.5, 0.6) is 0 Å².